The predicted octanol–water partition coefficient (Wildman–Crippen LogP) is 4.88. The lowest BCUT2D eigenvalue weighted by Crippen LogP contribution is -2.36. The van der Waals surface area contributed by atoms with Crippen LogP contribution in [0, 0.1) is 19.7 Å². The number of anilines is 1. The van der Waals surface area contributed by atoms with Gasteiger partial charge in [-0.25, -0.2) is 22.8 Å². The minimum Gasteiger partial charge on any atom is -0.355 e. The second-order valence-corrected chi connectivity index (χ2v) is 11.1. The molecule has 3 aromatic carbocycles. The Morgan fingerprint density at radius 3 is 2.50 bits per heavy atom. The summed E-state index contributed by atoms with van der Waals surface area (Å²) in [5, 5.41) is 1.64. The van der Waals surface area contributed by atoms with Crippen LogP contribution in [0.15, 0.2) is 71.6 Å². The van der Waals surface area contributed by atoms with Crippen molar-refractivity contribution in [3.05, 3.63) is 95.2 Å². The van der Waals surface area contributed by atoms with Gasteiger partial charge in [0.05, 0.1) is 4.90 Å². The molecular weight excluding hydrogens is 475 g/mol. The van der Waals surface area contributed by atoms with E-state index in [0.29, 0.717) is 49.7 Å². The second-order valence-electron chi connectivity index (χ2n) is 9.19. The number of aryl methyl sites for hydroxylation is 2. The molecule has 1 aromatic heterocycles. The molecule has 1 aliphatic rings. The van der Waals surface area contributed by atoms with Crippen LogP contribution in [0.3, 0.4) is 0 Å². The fraction of sp³-hybridized carbons (Fsp3) is 0.286. The van der Waals surface area contributed by atoms with Gasteiger partial charge in [-0.15, -0.1) is 0 Å². The van der Waals surface area contributed by atoms with Crippen LogP contribution in [0.5, 0.6) is 0 Å². The molecule has 0 bridgehead atoms. The Kier molecular flexibility index (Phi) is 6.73. The van der Waals surface area contributed by atoms with Gasteiger partial charge in [-0.1, -0.05) is 48.5 Å². The van der Waals surface area contributed by atoms with Gasteiger partial charge in [-0.05, 0) is 49.4 Å². The molecular formula is C28H29FN4O2S. The standard InChI is InChI=1S/C28H29FN4O2S/c1-20-26(19-22-8-5-11-24(29)18-22)28(31-21(2)30-20)32-14-7-15-33(17-16-32)36(34,35)27-13-6-10-23-9-3-4-12-25(23)27/h3-6,8-13,18H,7,14-17,19H2,1-2H3. The minimum absolute atomic E-state index is 0.274. The van der Waals surface area contributed by atoms with Gasteiger partial charge in [0, 0.05) is 49.2 Å². The highest BCUT2D eigenvalue weighted by Crippen LogP contribution is 2.29. The first-order chi connectivity index (χ1) is 17.3. The molecule has 0 amide bonds. The first-order valence-electron chi connectivity index (χ1n) is 12.1. The zero-order valence-electron chi connectivity index (χ0n) is 20.5. The molecule has 0 saturated carbocycles. The van der Waals surface area contributed by atoms with E-state index in [2.05, 4.69) is 9.88 Å². The molecule has 1 aliphatic heterocycles. The molecule has 36 heavy (non-hydrogen) atoms. The highest BCUT2D eigenvalue weighted by molar-refractivity contribution is 7.89. The zero-order chi connectivity index (χ0) is 25.3. The van der Waals surface area contributed by atoms with Gasteiger partial charge in [0.25, 0.3) is 0 Å². The average Bonchev–Trinajstić information content (AvgIpc) is 3.12. The maximum absolute atomic E-state index is 13.8. The van der Waals surface area contributed by atoms with Crippen LogP contribution < -0.4 is 4.90 Å². The number of fused-ring (bicyclic) bond motifs is 1. The number of benzene rings is 3. The summed E-state index contributed by atoms with van der Waals surface area (Å²) in [6.45, 7) is 5.78. The van der Waals surface area contributed by atoms with Gasteiger partial charge in [-0.3, -0.25) is 0 Å². The van der Waals surface area contributed by atoms with Crippen molar-refractivity contribution in [1.29, 1.82) is 0 Å². The summed E-state index contributed by atoms with van der Waals surface area (Å²) < 4.78 is 42.8. The summed E-state index contributed by atoms with van der Waals surface area (Å²) >= 11 is 0. The summed E-state index contributed by atoms with van der Waals surface area (Å²) in [5.41, 5.74) is 2.64. The molecule has 6 nitrogen and oxygen atoms in total. The molecule has 0 atom stereocenters. The molecule has 0 aliphatic carbocycles. The fourth-order valence-corrected chi connectivity index (χ4v) is 6.63. The fourth-order valence-electron chi connectivity index (χ4n) is 4.94. The van der Waals surface area contributed by atoms with E-state index in [1.54, 1.807) is 22.5 Å². The van der Waals surface area contributed by atoms with Crippen molar-refractivity contribution >= 4 is 26.6 Å². The Labute approximate surface area is 211 Å². The van der Waals surface area contributed by atoms with Crippen molar-refractivity contribution in [2.24, 2.45) is 0 Å². The van der Waals surface area contributed by atoms with Crippen LogP contribution in [-0.2, 0) is 16.4 Å². The molecule has 4 aromatic rings. The van der Waals surface area contributed by atoms with E-state index in [-0.39, 0.29) is 5.82 Å². The van der Waals surface area contributed by atoms with Gasteiger partial charge in [0.1, 0.15) is 17.5 Å². The van der Waals surface area contributed by atoms with Crippen LogP contribution in [-0.4, -0.2) is 48.9 Å². The Bertz CT molecular complexity index is 1520. The molecule has 0 radical (unpaired) electrons. The van der Waals surface area contributed by atoms with E-state index in [1.807, 2.05) is 50.2 Å². The number of nitrogens with zero attached hydrogens (tertiary/aromatic N) is 4. The third-order valence-electron chi connectivity index (χ3n) is 6.70. The van der Waals surface area contributed by atoms with Gasteiger partial charge >= 0.3 is 0 Å². The van der Waals surface area contributed by atoms with E-state index in [9.17, 15) is 12.8 Å². The highest BCUT2D eigenvalue weighted by atomic mass is 32.2. The zero-order valence-corrected chi connectivity index (χ0v) is 21.3. The number of sulfonamides is 1. The molecule has 0 N–H and O–H groups in total. The van der Waals surface area contributed by atoms with Gasteiger partial charge in [0.15, 0.2) is 0 Å². The summed E-state index contributed by atoms with van der Waals surface area (Å²) in [6, 6.07) is 19.5. The van der Waals surface area contributed by atoms with E-state index in [4.69, 9.17) is 4.98 Å². The number of halogens is 1. The minimum atomic E-state index is -3.67. The van der Waals surface area contributed by atoms with E-state index < -0.39 is 10.0 Å². The molecule has 5 rings (SSSR count). The van der Waals surface area contributed by atoms with E-state index in [0.717, 1.165) is 33.4 Å². The normalized spacial score (nSPS) is 15.2. The Hall–Kier alpha value is -3.36. The third-order valence-corrected chi connectivity index (χ3v) is 8.65. The van der Waals surface area contributed by atoms with Crippen LogP contribution in [0.25, 0.3) is 10.8 Å². The summed E-state index contributed by atoms with van der Waals surface area (Å²) in [4.78, 5) is 11.8. The van der Waals surface area contributed by atoms with Crippen molar-refractivity contribution in [2.75, 3.05) is 31.1 Å². The van der Waals surface area contributed by atoms with Gasteiger partial charge in [0.2, 0.25) is 10.0 Å². The van der Waals surface area contributed by atoms with Crippen molar-refractivity contribution in [3.63, 3.8) is 0 Å². The predicted molar refractivity (Wildman–Crippen MR) is 140 cm³/mol. The monoisotopic (exact) mass is 504 g/mol. The third kappa shape index (κ3) is 4.83. The number of rotatable bonds is 5. The van der Waals surface area contributed by atoms with Gasteiger partial charge in [-0.2, -0.15) is 4.31 Å². The Morgan fingerprint density at radius 1 is 0.889 bits per heavy atom. The Balaban J connectivity index is 1.43. The quantitative estimate of drug-likeness (QED) is 0.388. The van der Waals surface area contributed by atoms with Crippen LogP contribution in [0.2, 0.25) is 0 Å². The summed E-state index contributed by atoms with van der Waals surface area (Å²) in [5.74, 6) is 1.19. The Morgan fingerprint density at radius 2 is 1.67 bits per heavy atom. The largest absolute Gasteiger partial charge is 0.355 e. The van der Waals surface area contributed by atoms with Crippen LogP contribution in [0.1, 0.15) is 29.1 Å². The van der Waals surface area contributed by atoms with Crippen molar-refractivity contribution in [1.82, 2.24) is 14.3 Å². The number of aromatic nitrogens is 2. The maximum atomic E-state index is 13.8. The van der Waals surface area contributed by atoms with Crippen LogP contribution in [0.4, 0.5) is 10.2 Å². The summed E-state index contributed by atoms with van der Waals surface area (Å²) in [7, 11) is -3.67. The van der Waals surface area contributed by atoms with Crippen molar-refractivity contribution in [2.45, 2.75) is 31.6 Å². The van der Waals surface area contributed by atoms with E-state index >= 15 is 0 Å². The first-order valence-corrected chi connectivity index (χ1v) is 13.6. The topological polar surface area (TPSA) is 66.4 Å². The highest BCUT2D eigenvalue weighted by Gasteiger charge is 2.29. The molecule has 186 valence electrons. The van der Waals surface area contributed by atoms with E-state index in [1.165, 1.54) is 12.1 Å². The molecule has 2 heterocycles. The molecule has 0 unspecified atom stereocenters. The lowest BCUT2D eigenvalue weighted by Gasteiger charge is -2.26. The SMILES string of the molecule is Cc1nc(C)c(Cc2cccc(F)c2)c(N2CCCN(S(=O)(=O)c3cccc4ccccc34)CC2)n1. The lowest BCUT2D eigenvalue weighted by atomic mass is 10.0. The maximum Gasteiger partial charge on any atom is 0.243 e. The lowest BCUT2D eigenvalue weighted by molar-refractivity contribution is 0.433. The molecule has 1 saturated heterocycles. The van der Waals surface area contributed by atoms with Crippen molar-refractivity contribution in [3.8, 4) is 0 Å². The van der Waals surface area contributed by atoms with Gasteiger partial charge < -0.3 is 4.90 Å². The van der Waals surface area contributed by atoms with Crippen molar-refractivity contribution < 1.29 is 12.8 Å². The number of hydrogen-bond donors (Lipinski definition) is 0. The first kappa shape index (κ1) is 24.3. The molecule has 1 fully saturated rings. The summed E-state index contributed by atoms with van der Waals surface area (Å²) in [6.07, 6.45) is 1.18. The van der Waals surface area contributed by atoms with Crippen LogP contribution >= 0.6 is 0 Å². The second kappa shape index (κ2) is 9.95. The molecule has 0 spiro atoms. The smallest absolute Gasteiger partial charge is 0.243 e. The number of hydrogen-bond acceptors (Lipinski definition) is 5. The average molecular weight is 505 g/mol. The molecule has 8 heteroatoms.